The van der Waals surface area contributed by atoms with E-state index >= 15 is 0 Å². The standard InChI is InChI=1S/C29H31N3OS2/c33-28-29(13-20-34-35-29)26-21-25(24-9-5-2-6-10-24)11-12-27(26)32(28)19-18-30-14-16-31(17-15-30)22-23-7-3-1-4-8-23/h1-12,21H,13-20,22H2. The van der Waals surface area contributed by atoms with Gasteiger partial charge in [0.05, 0.1) is 0 Å². The average molecular weight is 502 g/mol. The maximum Gasteiger partial charge on any atom is 0.248 e. The lowest BCUT2D eigenvalue weighted by Gasteiger charge is -2.35. The summed E-state index contributed by atoms with van der Waals surface area (Å²) in [5, 5.41) is 0. The molecule has 1 unspecified atom stereocenters. The summed E-state index contributed by atoms with van der Waals surface area (Å²) in [4.78, 5) is 21.0. The van der Waals surface area contributed by atoms with Gasteiger partial charge in [0, 0.05) is 62.8 Å². The van der Waals surface area contributed by atoms with Gasteiger partial charge in [-0.05, 0) is 35.2 Å². The van der Waals surface area contributed by atoms with Crippen LogP contribution in [-0.2, 0) is 16.1 Å². The molecule has 2 fully saturated rings. The Morgan fingerprint density at radius 3 is 2.20 bits per heavy atom. The number of hydrogen-bond acceptors (Lipinski definition) is 5. The first-order chi connectivity index (χ1) is 17.2. The molecule has 1 atom stereocenters. The van der Waals surface area contributed by atoms with Crippen molar-refractivity contribution in [3.63, 3.8) is 0 Å². The van der Waals surface area contributed by atoms with Crippen LogP contribution < -0.4 is 4.90 Å². The molecule has 35 heavy (non-hydrogen) atoms. The third kappa shape index (κ3) is 4.53. The van der Waals surface area contributed by atoms with Gasteiger partial charge in [-0.25, -0.2) is 0 Å². The van der Waals surface area contributed by atoms with Crippen molar-refractivity contribution in [2.75, 3.05) is 49.9 Å². The van der Waals surface area contributed by atoms with Gasteiger partial charge in [0.1, 0.15) is 4.75 Å². The van der Waals surface area contributed by atoms with Crippen LogP contribution in [0.1, 0.15) is 17.5 Å². The summed E-state index contributed by atoms with van der Waals surface area (Å²) >= 11 is 0. The zero-order chi connectivity index (χ0) is 23.7. The first-order valence-corrected chi connectivity index (χ1v) is 14.9. The quantitative estimate of drug-likeness (QED) is 0.416. The zero-order valence-electron chi connectivity index (χ0n) is 19.9. The highest BCUT2D eigenvalue weighted by Gasteiger charge is 2.53. The van der Waals surface area contributed by atoms with Crippen LogP contribution in [0.2, 0.25) is 0 Å². The maximum atomic E-state index is 13.8. The van der Waals surface area contributed by atoms with Crippen LogP contribution >= 0.6 is 21.6 Å². The van der Waals surface area contributed by atoms with Crippen LogP contribution in [0.3, 0.4) is 0 Å². The molecule has 0 bridgehead atoms. The van der Waals surface area contributed by atoms with Crippen LogP contribution in [-0.4, -0.2) is 60.7 Å². The normalized spacial score (nSPS) is 22.7. The Labute approximate surface area is 216 Å². The van der Waals surface area contributed by atoms with E-state index in [0.717, 1.165) is 63.7 Å². The van der Waals surface area contributed by atoms with Gasteiger partial charge in [-0.3, -0.25) is 14.6 Å². The van der Waals surface area contributed by atoms with E-state index in [1.165, 1.54) is 22.3 Å². The van der Waals surface area contributed by atoms with Crippen molar-refractivity contribution in [2.45, 2.75) is 17.7 Å². The van der Waals surface area contributed by atoms with E-state index in [0.29, 0.717) is 0 Å². The highest BCUT2D eigenvalue weighted by molar-refractivity contribution is 8.77. The molecular weight excluding hydrogens is 470 g/mol. The third-order valence-corrected chi connectivity index (χ3v) is 10.6. The lowest BCUT2D eigenvalue weighted by atomic mass is 9.93. The Hall–Kier alpha value is -2.25. The maximum absolute atomic E-state index is 13.8. The molecule has 2 saturated heterocycles. The highest BCUT2D eigenvalue weighted by Crippen LogP contribution is 2.60. The Balaban J connectivity index is 1.15. The van der Waals surface area contributed by atoms with E-state index in [2.05, 4.69) is 93.6 Å². The molecule has 4 nitrogen and oxygen atoms in total. The van der Waals surface area contributed by atoms with Crippen molar-refractivity contribution in [1.29, 1.82) is 0 Å². The number of piperazine rings is 1. The van der Waals surface area contributed by atoms with Crippen molar-refractivity contribution in [2.24, 2.45) is 0 Å². The molecular formula is C29H31N3OS2. The molecule has 3 aliphatic rings. The second-order valence-electron chi connectivity index (χ2n) is 9.64. The summed E-state index contributed by atoms with van der Waals surface area (Å²) in [5.41, 5.74) is 6.12. The fourth-order valence-corrected chi connectivity index (χ4v) is 8.78. The van der Waals surface area contributed by atoms with Crippen LogP contribution in [0.4, 0.5) is 5.69 Å². The molecule has 6 heteroatoms. The topological polar surface area (TPSA) is 26.8 Å². The minimum atomic E-state index is -0.417. The summed E-state index contributed by atoms with van der Waals surface area (Å²) in [7, 11) is 3.62. The second kappa shape index (κ2) is 10.0. The molecule has 0 radical (unpaired) electrons. The van der Waals surface area contributed by atoms with Crippen LogP contribution in [0.5, 0.6) is 0 Å². The molecule has 0 aromatic heterocycles. The Morgan fingerprint density at radius 1 is 0.771 bits per heavy atom. The predicted octanol–water partition coefficient (Wildman–Crippen LogP) is 5.50. The van der Waals surface area contributed by atoms with E-state index in [1.807, 2.05) is 10.8 Å². The lowest BCUT2D eigenvalue weighted by molar-refractivity contribution is -0.120. The number of carbonyl (C=O) groups excluding carboxylic acids is 1. The third-order valence-electron chi connectivity index (χ3n) is 7.51. The van der Waals surface area contributed by atoms with Crippen LogP contribution in [0.15, 0.2) is 78.9 Å². The largest absolute Gasteiger partial charge is 0.309 e. The molecule has 3 aromatic carbocycles. The number of carbonyl (C=O) groups is 1. The Bertz CT molecular complexity index is 1170. The molecule has 3 aliphatic heterocycles. The summed E-state index contributed by atoms with van der Waals surface area (Å²) in [6, 6.07) is 27.9. The molecule has 6 rings (SSSR count). The average Bonchev–Trinajstić information content (AvgIpc) is 3.49. The molecule has 3 aromatic rings. The number of rotatable bonds is 6. The SMILES string of the molecule is O=C1N(CCN2CCN(Cc3ccccc3)CC2)c2ccc(-c3ccccc3)cc2C12CCSS2. The van der Waals surface area contributed by atoms with Gasteiger partial charge in [-0.1, -0.05) is 88.3 Å². The van der Waals surface area contributed by atoms with E-state index in [1.54, 1.807) is 10.8 Å². The van der Waals surface area contributed by atoms with Crippen LogP contribution in [0, 0.1) is 0 Å². The first kappa shape index (κ1) is 23.2. The van der Waals surface area contributed by atoms with Gasteiger partial charge in [0.2, 0.25) is 5.91 Å². The monoisotopic (exact) mass is 501 g/mol. The molecule has 180 valence electrons. The number of anilines is 1. The zero-order valence-corrected chi connectivity index (χ0v) is 21.6. The molecule has 0 saturated carbocycles. The minimum absolute atomic E-state index is 0.287. The van der Waals surface area contributed by atoms with Crippen molar-refractivity contribution >= 4 is 33.2 Å². The molecule has 3 heterocycles. The van der Waals surface area contributed by atoms with Crippen molar-refractivity contribution < 1.29 is 4.79 Å². The highest BCUT2D eigenvalue weighted by atomic mass is 33.1. The number of benzene rings is 3. The smallest absolute Gasteiger partial charge is 0.248 e. The van der Waals surface area contributed by atoms with Crippen molar-refractivity contribution in [3.8, 4) is 11.1 Å². The van der Waals surface area contributed by atoms with Gasteiger partial charge in [-0.15, -0.1) is 0 Å². The fraction of sp³-hybridized carbons (Fsp3) is 0.345. The minimum Gasteiger partial charge on any atom is -0.309 e. The predicted molar refractivity (Wildman–Crippen MR) is 149 cm³/mol. The summed E-state index contributed by atoms with van der Waals surface area (Å²) < 4.78 is -0.417. The summed E-state index contributed by atoms with van der Waals surface area (Å²) in [5.74, 6) is 1.32. The fourth-order valence-electron chi connectivity index (χ4n) is 5.52. The van der Waals surface area contributed by atoms with E-state index in [-0.39, 0.29) is 5.91 Å². The van der Waals surface area contributed by atoms with Gasteiger partial charge >= 0.3 is 0 Å². The summed E-state index contributed by atoms with van der Waals surface area (Å²) in [6.45, 7) is 7.00. The molecule has 0 N–H and O–H groups in total. The second-order valence-corrected chi connectivity index (χ2v) is 12.4. The number of amides is 1. The van der Waals surface area contributed by atoms with Gasteiger partial charge < -0.3 is 4.90 Å². The van der Waals surface area contributed by atoms with E-state index < -0.39 is 4.75 Å². The molecule has 1 amide bonds. The van der Waals surface area contributed by atoms with Gasteiger partial charge in [0.25, 0.3) is 0 Å². The van der Waals surface area contributed by atoms with Crippen molar-refractivity contribution in [1.82, 2.24) is 9.80 Å². The number of fused-ring (bicyclic) bond motifs is 2. The van der Waals surface area contributed by atoms with Gasteiger partial charge in [-0.2, -0.15) is 0 Å². The van der Waals surface area contributed by atoms with Crippen LogP contribution in [0.25, 0.3) is 11.1 Å². The van der Waals surface area contributed by atoms with E-state index in [4.69, 9.17) is 0 Å². The van der Waals surface area contributed by atoms with E-state index in [9.17, 15) is 4.79 Å². The Kier molecular flexibility index (Phi) is 6.63. The number of hydrogen-bond donors (Lipinski definition) is 0. The molecule has 1 spiro atoms. The first-order valence-electron chi connectivity index (χ1n) is 12.5. The summed E-state index contributed by atoms with van der Waals surface area (Å²) in [6.07, 6.45) is 0.918. The lowest BCUT2D eigenvalue weighted by Crippen LogP contribution is -2.49. The molecule has 0 aliphatic carbocycles. The van der Waals surface area contributed by atoms with Gasteiger partial charge in [0.15, 0.2) is 0 Å². The number of nitrogens with zero attached hydrogens (tertiary/aromatic N) is 3. The van der Waals surface area contributed by atoms with Crippen molar-refractivity contribution in [3.05, 3.63) is 90.0 Å². The Morgan fingerprint density at radius 2 is 1.49 bits per heavy atom.